The van der Waals surface area contributed by atoms with Crippen molar-refractivity contribution in [3.05, 3.63) is 34.4 Å². The molecule has 0 radical (unpaired) electrons. The van der Waals surface area contributed by atoms with Crippen molar-refractivity contribution < 1.29 is 18.3 Å². The van der Waals surface area contributed by atoms with Crippen LogP contribution < -0.4 is 0 Å². The Morgan fingerprint density at radius 2 is 2.22 bits per heavy atom. The molecular weight excluding hydrogens is 308 g/mol. The molecule has 3 nitrogen and oxygen atoms in total. The van der Waals surface area contributed by atoms with E-state index in [2.05, 4.69) is 15.9 Å². The van der Waals surface area contributed by atoms with Crippen molar-refractivity contribution >= 4 is 21.9 Å². The summed E-state index contributed by atoms with van der Waals surface area (Å²) in [5.41, 5.74) is -0.0739. The SMILES string of the molecule is CCOC(=O)c1cc(C#N)c(CBr)cc1C(F)F. The van der Waals surface area contributed by atoms with Gasteiger partial charge in [-0.25, -0.2) is 13.6 Å². The van der Waals surface area contributed by atoms with Crippen molar-refractivity contribution in [3.8, 4) is 6.07 Å². The molecule has 96 valence electrons. The van der Waals surface area contributed by atoms with Gasteiger partial charge in [0.1, 0.15) is 0 Å². The van der Waals surface area contributed by atoms with Crippen LogP contribution >= 0.6 is 15.9 Å². The summed E-state index contributed by atoms with van der Waals surface area (Å²) < 4.78 is 30.4. The van der Waals surface area contributed by atoms with Crippen molar-refractivity contribution in [2.75, 3.05) is 6.61 Å². The van der Waals surface area contributed by atoms with Crippen LogP contribution in [0.25, 0.3) is 0 Å². The van der Waals surface area contributed by atoms with E-state index in [4.69, 9.17) is 10.00 Å². The first-order valence-electron chi connectivity index (χ1n) is 5.13. The van der Waals surface area contributed by atoms with Gasteiger partial charge in [0.25, 0.3) is 6.43 Å². The highest BCUT2D eigenvalue weighted by Gasteiger charge is 2.22. The van der Waals surface area contributed by atoms with Crippen LogP contribution in [-0.2, 0) is 10.1 Å². The standard InChI is InChI=1S/C12H10BrF2NO2/c1-2-18-12(17)10-4-8(6-16)7(5-13)3-9(10)11(14)15/h3-4,11H,2,5H2,1H3. The first kappa shape index (κ1) is 14.6. The fourth-order valence-corrected chi connectivity index (χ4v) is 1.91. The van der Waals surface area contributed by atoms with E-state index in [1.165, 1.54) is 0 Å². The number of nitrogens with zero attached hydrogens (tertiary/aromatic N) is 1. The van der Waals surface area contributed by atoms with Crippen molar-refractivity contribution in [1.82, 2.24) is 0 Å². The average molecular weight is 318 g/mol. The molecule has 0 saturated carbocycles. The van der Waals surface area contributed by atoms with Crippen LogP contribution in [0.4, 0.5) is 8.78 Å². The van der Waals surface area contributed by atoms with Crippen molar-refractivity contribution in [1.29, 1.82) is 5.26 Å². The van der Waals surface area contributed by atoms with Gasteiger partial charge in [0.05, 0.1) is 23.8 Å². The lowest BCUT2D eigenvalue weighted by Crippen LogP contribution is -2.10. The number of hydrogen-bond donors (Lipinski definition) is 0. The minimum absolute atomic E-state index is 0.0869. The number of benzene rings is 1. The van der Waals surface area contributed by atoms with Gasteiger partial charge in [0, 0.05) is 10.9 Å². The molecule has 6 heteroatoms. The summed E-state index contributed by atoms with van der Waals surface area (Å²) >= 11 is 3.11. The van der Waals surface area contributed by atoms with Gasteiger partial charge in [-0.3, -0.25) is 0 Å². The fraction of sp³-hybridized carbons (Fsp3) is 0.333. The monoisotopic (exact) mass is 317 g/mol. The number of ether oxygens (including phenoxy) is 1. The predicted molar refractivity (Wildman–Crippen MR) is 64.7 cm³/mol. The summed E-state index contributed by atoms with van der Waals surface area (Å²) in [5.74, 6) is -0.842. The minimum Gasteiger partial charge on any atom is -0.462 e. The third-order valence-corrected chi connectivity index (χ3v) is 2.87. The number of halogens is 3. The van der Waals surface area contributed by atoms with Crippen LogP contribution in [-0.4, -0.2) is 12.6 Å². The highest BCUT2D eigenvalue weighted by molar-refractivity contribution is 9.08. The number of carbonyl (C=O) groups is 1. The largest absolute Gasteiger partial charge is 0.462 e. The van der Waals surface area contributed by atoms with E-state index in [0.29, 0.717) is 5.56 Å². The summed E-state index contributed by atoms with van der Waals surface area (Å²) in [7, 11) is 0. The second-order valence-corrected chi connectivity index (χ2v) is 3.92. The van der Waals surface area contributed by atoms with Crippen LogP contribution in [0.1, 0.15) is 40.4 Å². The Bertz CT molecular complexity index is 498. The topological polar surface area (TPSA) is 50.1 Å². The van der Waals surface area contributed by atoms with Crippen LogP contribution in [0.3, 0.4) is 0 Å². The van der Waals surface area contributed by atoms with E-state index < -0.39 is 18.0 Å². The molecule has 0 aliphatic carbocycles. The van der Waals surface area contributed by atoms with E-state index in [0.717, 1.165) is 12.1 Å². The van der Waals surface area contributed by atoms with E-state index in [-0.39, 0.29) is 23.1 Å². The van der Waals surface area contributed by atoms with E-state index in [1.54, 1.807) is 6.92 Å². The maximum absolute atomic E-state index is 12.9. The minimum atomic E-state index is -2.80. The summed E-state index contributed by atoms with van der Waals surface area (Å²) in [6.07, 6.45) is -2.80. The summed E-state index contributed by atoms with van der Waals surface area (Å²) in [5, 5.41) is 9.17. The molecule has 0 saturated heterocycles. The van der Waals surface area contributed by atoms with Gasteiger partial charge < -0.3 is 4.74 Å². The molecule has 0 N–H and O–H groups in total. The molecule has 18 heavy (non-hydrogen) atoms. The molecule has 0 aliphatic heterocycles. The highest BCUT2D eigenvalue weighted by atomic mass is 79.9. The van der Waals surface area contributed by atoms with Crippen LogP contribution in [0.5, 0.6) is 0 Å². The highest BCUT2D eigenvalue weighted by Crippen LogP contribution is 2.28. The quantitative estimate of drug-likeness (QED) is 0.630. The number of esters is 1. The molecule has 1 rings (SSSR count). The Morgan fingerprint density at radius 3 is 2.67 bits per heavy atom. The molecular formula is C12H10BrF2NO2. The van der Waals surface area contributed by atoms with Crippen molar-refractivity contribution in [3.63, 3.8) is 0 Å². The number of alkyl halides is 3. The fourth-order valence-electron chi connectivity index (χ4n) is 1.44. The maximum atomic E-state index is 12.9. The molecule has 0 spiro atoms. The normalized spacial score (nSPS) is 10.2. The zero-order valence-corrected chi connectivity index (χ0v) is 11.1. The zero-order chi connectivity index (χ0) is 13.7. The Kier molecular flexibility index (Phi) is 5.23. The Hall–Kier alpha value is -1.48. The van der Waals surface area contributed by atoms with Crippen LogP contribution in [0.2, 0.25) is 0 Å². The molecule has 1 aromatic rings. The maximum Gasteiger partial charge on any atom is 0.338 e. The number of rotatable bonds is 4. The first-order chi connectivity index (χ1) is 8.54. The second kappa shape index (κ2) is 6.45. The Balaban J connectivity index is 3.39. The van der Waals surface area contributed by atoms with Gasteiger partial charge >= 0.3 is 5.97 Å². The molecule has 0 atom stereocenters. The van der Waals surface area contributed by atoms with E-state index in [1.807, 2.05) is 6.07 Å². The molecule has 0 bridgehead atoms. The van der Waals surface area contributed by atoms with Crippen molar-refractivity contribution in [2.24, 2.45) is 0 Å². The van der Waals surface area contributed by atoms with Gasteiger partial charge in [-0.1, -0.05) is 15.9 Å². The lowest BCUT2D eigenvalue weighted by atomic mass is 10.00. The van der Waals surface area contributed by atoms with E-state index in [9.17, 15) is 13.6 Å². The van der Waals surface area contributed by atoms with Crippen molar-refractivity contribution in [2.45, 2.75) is 18.7 Å². The molecule has 0 heterocycles. The molecule has 0 unspecified atom stereocenters. The van der Waals surface area contributed by atoms with Gasteiger partial charge in [0.2, 0.25) is 0 Å². The predicted octanol–water partition coefficient (Wildman–Crippen LogP) is 3.57. The first-order valence-corrected chi connectivity index (χ1v) is 6.25. The lowest BCUT2D eigenvalue weighted by Gasteiger charge is -2.11. The van der Waals surface area contributed by atoms with Gasteiger partial charge in [-0.15, -0.1) is 0 Å². The summed E-state index contributed by atoms with van der Waals surface area (Å²) in [4.78, 5) is 11.6. The zero-order valence-electron chi connectivity index (χ0n) is 9.54. The lowest BCUT2D eigenvalue weighted by molar-refractivity contribution is 0.0515. The van der Waals surface area contributed by atoms with Gasteiger partial charge in [0.15, 0.2) is 0 Å². The second-order valence-electron chi connectivity index (χ2n) is 3.36. The summed E-state index contributed by atoms with van der Waals surface area (Å²) in [6.45, 7) is 1.67. The van der Waals surface area contributed by atoms with Gasteiger partial charge in [-0.2, -0.15) is 5.26 Å². The molecule has 0 amide bonds. The number of nitriles is 1. The number of carbonyl (C=O) groups excluding carboxylic acids is 1. The van der Waals surface area contributed by atoms with E-state index >= 15 is 0 Å². The number of hydrogen-bond acceptors (Lipinski definition) is 3. The molecule has 1 aromatic carbocycles. The molecule has 0 aliphatic rings. The van der Waals surface area contributed by atoms with Gasteiger partial charge in [-0.05, 0) is 24.6 Å². The van der Waals surface area contributed by atoms with Crippen LogP contribution in [0, 0.1) is 11.3 Å². The van der Waals surface area contributed by atoms with Crippen LogP contribution in [0.15, 0.2) is 12.1 Å². The third-order valence-electron chi connectivity index (χ3n) is 2.27. The Morgan fingerprint density at radius 1 is 1.56 bits per heavy atom. The Labute approximate surface area is 111 Å². The third kappa shape index (κ3) is 3.05. The molecule has 0 aromatic heterocycles. The smallest absolute Gasteiger partial charge is 0.338 e. The average Bonchev–Trinajstić information content (AvgIpc) is 2.37. The molecule has 0 fully saturated rings. The summed E-state index contributed by atoms with van der Waals surface area (Å²) in [6, 6.07) is 4.17.